The van der Waals surface area contributed by atoms with E-state index in [9.17, 15) is 4.79 Å². The topological polar surface area (TPSA) is 47.6 Å². The molecule has 0 aliphatic heterocycles. The third kappa shape index (κ3) is 5.21. The van der Waals surface area contributed by atoms with Crippen molar-refractivity contribution in [1.82, 2.24) is 5.09 Å². The third-order valence-corrected chi connectivity index (χ3v) is 3.84. The van der Waals surface area contributed by atoms with Gasteiger partial charge in [-0.15, -0.1) is 0 Å². The molecule has 1 aromatic rings. The third-order valence-electron chi connectivity index (χ3n) is 1.85. The van der Waals surface area contributed by atoms with Crippen molar-refractivity contribution in [2.75, 3.05) is 7.11 Å². The molecule has 0 aromatic heterocycles. The Bertz CT molecular complexity index is 376. The second-order valence-electron chi connectivity index (χ2n) is 3.16. The molecule has 94 valence electrons. The molecule has 1 rings (SSSR count). The maximum atomic E-state index is 11.1. The van der Waals surface area contributed by atoms with Crippen LogP contribution in [0.15, 0.2) is 28.7 Å². The van der Waals surface area contributed by atoms with Crippen LogP contribution in [0, 0.1) is 0 Å². The predicted molar refractivity (Wildman–Crippen MR) is 72.2 cm³/mol. The van der Waals surface area contributed by atoms with Crippen LogP contribution in [0.2, 0.25) is 0 Å². The Hall–Kier alpha value is -0.350. The van der Waals surface area contributed by atoms with Gasteiger partial charge in [-0.1, -0.05) is 15.9 Å². The van der Waals surface area contributed by atoms with E-state index in [1.807, 2.05) is 12.1 Å². The molecule has 0 fully saturated rings. The highest BCUT2D eigenvalue weighted by Gasteiger charge is 2.18. The molecule has 4 nitrogen and oxygen atoms in total. The van der Waals surface area contributed by atoms with Crippen molar-refractivity contribution in [3.63, 3.8) is 0 Å². The summed E-state index contributed by atoms with van der Waals surface area (Å²) in [5.74, 6) is 0.261. The average Bonchev–Trinajstić information content (AvgIpc) is 2.30. The molecule has 0 aliphatic carbocycles. The summed E-state index contributed by atoms with van der Waals surface area (Å²) in [5.41, 5.74) is 0. The van der Waals surface area contributed by atoms with Crippen molar-refractivity contribution in [2.24, 2.45) is 0 Å². The lowest BCUT2D eigenvalue weighted by Crippen LogP contribution is -2.31. The Morgan fingerprint density at radius 3 is 2.59 bits per heavy atom. The van der Waals surface area contributed by atoms with Crippen LogP contribution < -0.4 is 9.61 Å². The minimum atomic E-state index is -1.44. The number of esters is 1. The molecule has 0 amide bonds. The van der Waals surface area contributed by atoms with Crippen LogP contribution in [0.4, 0.5) is 0 Å². The van der Waals surface area contributed by atoms with E-state index >= 15 is 0 Å². The fourth-order valence-corrected chi connectivity index (χ4v) is 2.71. The van der Waals surface area contributed by atoms with Gasteiger partial charge in [0.15, 0.2) is 0 Å². The zero-order valence-corrected chi connectivity index (χ0v) is 12.6. The number of carbonyl (C=O) groups is 1. The summed E-state index contributed by atoms with van der Waals surface area (Å²) in [7, 11) is -0.112. The van der Waals surface area contributed by atoms with Crippen molar-refractivity contribution in [3.05, 3.63) is 28.7 Å². The fraction of sp³-hybridized carbons (Fsp3) is 0.300. The Labute approximate surface area is 114 Å². The lowest BCUT2D eigenvalue weighted by Gasteiger charge is -2.16. The van der Waals surface area contributed by atoms with Crippen LogP contribution in [0.5, 0.6) is 5.75 Å². The van der Waals surface area contributed by atoms with Gasteiger partial charge in [-0.3, -0.25) is 4.79 Å². The molecule has 2 unspecified atom stereocenters. The first-order valence-corrected chi connectivity index (χ1v) is 7.72. The van der Waals surface area contributed by atoms with Crippen LogP contribution in [0.3, 0.4) is 0 Å². The summed E-state index contributed by atoms with van der Waals surface area (Å²) in [5, 5.41) is 2.82. The smallest absolute Gasteiger partial charge is 0.322 e. The molecule has 0 bridgehead atoms. The predicted octanol–water partition coefficient (Wildman–Crippen LogP) is 3.44. The Balaban J connectivity index is 2.46. The van der Waals surface area contributed by atoms with Crippen LogP contribution in [0.25, 0.3) is 0 Å². The highest BCUT2D eigenvalue weighted by Crippen LogP contribution is 2.39. The summed E-state index contributed by atoms with van der Waals surface area (Å²) in [6.45, 7) is 1.66. The molecule has 1 N–H and O–H groups in total. The SMILES string of the molecule is COC(=O)C(C)NP(Cl)Oc1ccc(Br)cc1. The standard InChI is InChI=1S/C10H12BrClNO3P/c1-7(10(14)15-2)13-17(12)16-9-5-3-8(11)4-6-9/h3-7,13H,1-2H3. The Morgan fingerprint density at radius 2 is 2.06 bits per heavy atom. The normalized spacial score (nSPS) is 13.9. The van der Waals surface area contributed by atoms with Crippen molar-refractivity contribution in [1.29, 1.82) is 0 Å². The summed E-state index contributed by atoms with van der Waals surface area (Å²) < 4.78 is 11.0. The molecular weight excluding hydrogens is 328 g/mol. The molecule has 0 radical (unpaired) electrons. The van der Waals surface area contributed by atoms with Crippen molar-refractivity contribution in [2.45, 2.75) is 13.0 Å². The van der Waals surface area contributed by atoms with Crippen LogP contribution in [-0.2, 0) is 9.53 Å². The maximum absolute atomic E-state index is 11.1. The molecule has 7 heteroatoms. The number of ether oxygens (including phenoxy) is 1. The van der Waals surface area contributed by atoms with E-state index in [-0.39, 0.29) is 5.97 Å². The number of benzene rings is 1. The maximum Gasteiger partial charge on any atom is 0.322 e. The Kier molecular flexibility index (Phi) is 6.20. The van der Waals surface area contributed by atoms with Crippen molar-refractivity contribution in [3.8, 4) is 5.75 Å². The molecular formula is C10H12BrClNO3P. The van der Waals surface area contributed by atoms with Gasteiger partial charge < -0.3 is 9.26 Å². The number of rotatable bonds is 5. The van der Waals surface area contributed by atoms with Crippen LogP contribution >= 0.6 is 34.8 Å². The highest BCUT2D eigenvalue weighted by atomic mass is 79.9. The highest BCUT2D eigenvalue weighted by molar-refractivity contribution is 9.10. The van der Waals surface area contributed by atoms with Gasteiger partial charge in [0.25, 0.3) is 7.65 Å². The van der Waals surface area contributed by atoms with Crippen LogP contribution in [-0.4, -0.2) is 19.1 Å². The summed E-state index contributed by atoms with van der Waals surface area (Å²) in [6, 6.07) is 6.76. The second-order valence-corrected chi connectivity index (χ2v) is 5.93. The lowest BCUT2D eigenvalue weighted by atomic mass is 10.3. The van der Waals surface area contributed by atoms with Gasteiger partial charge in [0, 0.05) is 4.47 Å². The van der Waals surface area contributed by atoms with Crippen molar-refractivity contribution < 1.29 is 14.1 Å². The van der Waals surface area contributed by atoms with Gasteiger partial charge in [0.1, 0.15) is 11.8 Å². The lowest BCUT2D eigenvalue weighted by molar-refractivity contribution is -0.142. The molecule has 0 heterocycles. The molecule has 0 spiro atoms. The zero-order valence-electron chi connectivity index (χ0n) is 9.31. The fourth-order valence-electron chi connectivity index (χ4n) is 0.996. The van der Waals surface area contributed by atoms with E-state index in [2.05, 4.69) is 25.8 Å². The van der Waals surface area contributed by atoms with E-state index in [1.165, 1.54) is 7.11 Å². The van der Waals surface area contributed by atoms with Gasteiger partial charge in [0.2, 0.25) is 0 Å². The molecule has 1 aromatic carbocycles. The molecule has 0 saturated carbocycles. The van der Waals surface area contributed by atoms with E-state index < -0.39 is 13.7 Å². The molecule has 0 saturated heterocycles. The largest absolute Gasteiger partial charge is 0.468 e. The van der Waals surface area contributed by atoms with Gasteiger partial charge >= 0.3 is 5.97 Å². The average molecular weight is 341 g/mol. The van der Waals surface area contributed by atoms with E-state index in [4.69, 9.17) is 15.8 Å². The summed E-state index contributed by atoms with van der Waals surface area (Å²) in [6.07, 6.45) is 0. The number of carbonyl (C=O) groups excluding carboxylic acids is 1. The minimum absolute atomic E-state index is 0.377. The van der Waals surface area contributed by atoms with Crippen LogP contribution in [0.1, 0.15) is 6.92 Å². The summed E-state index contributed by atoms with van der Waals surface area (Å²) in [4.78, 5) is 11.1. The number of hydrogen-bond acceptors (Lipinski definition) is 4. The first kappa shape index (κ1) is 14.7. The Morgan fingerprint density at radius 1 is 1.47 bits per heavy atom. The zero-order chi connectivity index (χ0) is 12.8. The first-order valence-electron chi connectivity index (χ1n) is 4.76. The van der Waals surface area contributed by atoms with Gasteiger partial charge in [-0.2, -0.15) is 0 Å². The quantitative estimate of drug-likeness (QED) is 0.659. The first-order chi connectivity index (χ1) is 8.02. The monoisotopic (exact) mass is 339 g/mol. The molecule has 0 aliphatic rings. The summed E-state index contributed by atoms with van der Waals surface area (Å²) >= 11 is 9.28. The number of halogens is 2. The van der Waals surface area contributed by atoms with Crippen molar-refractivity contribution >= 4 is 40.8 Å². The number of hydrogen-bond donors (Lipinski definition) is 1. The van der Waals surface area contributed by atoms with E-state index in [1.54, 1.807) is 19.1 Å². The van der Waals surface area contributed by atoms with E-state index in [0.717, 1.165) is 4.47 Å². The molecule has 2 atom stereocenters. The van der Waals surface area contributed by atoms with Gasteiger partial charge in [-0.05, 0) is 42.4 Å². The van der Waals surface area contributed by atoms with Gasteiger partial charge in [0.05, 0.1) is 7.11 Å². The number of methoxy groups -OCH3 is 1. The second kappa shape index (κ2) is 7.17. The minimum Gasteiger partial charge on any atom is -0.468 e. The van der Waals surface area contributed by atoms with Gasteiger partial charge in [-0.25, -0.2) is 5.09 Å². The number of nitrogens with one attached hydrogen (secondary N) is 1. The van der Waals surface area contributed by atoms with E-state index in [0.29, 0.717) is 5.75 Å². The molecule has 17 heavy (non-hydrogen) atoms.